The molecule has 4 aromatic rings. The van der Waals surface area contributed by atoms with Crippen molar-refractivity contribution in [3.8, 4) is 11.4 Å². The van der Waals surface area contributed by atoms with E-state index in [0.29, 0.717) is 5.41 Å². The maximum atomic E-state index is 4.66. The van der Waals surface area contributed by atoms with Crippen LogP contribution in [0.4, 0.5) is 0 Å². The molecule has 8 heteroatoms. The number of benzene rings is 2. The molecule has 0 amide bonds. The highest BCUT2D eigenvalue weighted by molar-refractivity contribution is 9.10. The van der Waals surface area contributed by atoms with Crippen LogP contribution in [-0.4, -0.2) is 50.0 Å². The molecule has 1 unspecified atom stereocenters. The van der Waals surface area contributed by atoms with E-state index in [-0.39, 0.29) is 12.4 Å². The fourth-order valence-electron chi connectivity index (χ4n) is 5.56. The predicted octanol–water partition coefficient (Wildman–Crippen LogP) is 6.28. The molecule has 35 heavy (non-hydrogen) atoms. The molecular formula is C27H29BrClN5S. The van der Waals surface area contributed by atoms with Gasteiger partial charge in [0.25, 0.3) is 0 Å². The van der Waals surface area contributed by atoms with Crippen molar-refractivity contribution in [1.29, 1.82) is 0 Å². The van der Waals surface area contributed by atoms with Crippen molar-refractivity contribution in [3.05, 3.63) is 70.3 Å². The van der Waals surface area contributed by atoms with Gasteiger partial charge in [0.2, 0.25) is 0 Å². The van der Waals surface area contributed by atoms with Crippen molar-refractivity contribution in [2.24, 2.45) is 13.0 Å². The second-order valence-corrected chi connectivity index (χ2v) is 11.7. The summed E-state index contributed by atoms with van der Waals surface area (Å²) in [4.78, 5) is 7.32. The maximum Gasteiger partial charge on any atom is 0.191 e. The van der Waals surface area contributed by atoms with Gasteiger partial charge in [-0.2, -0.15) is 0 Å². The second-order valence-electron chi connectivity index (χ2n) is 9.69. The van der Waals surface area contributed by atoms with E-state index in [2.05, 4.69) is 96.2 Å². The highest BCUT2D eigenvalue weighted by atomic mass is 79.9. The number of aryl methyl sites for hydroxylation is 1. The van der Waals surface area contributed by atoms with Gasteiger partial charge in [0.05, 0.1) is 5.52 Å². The summed E-state index contributed by atoms with van der Waals surface area (Å²) >= 11 is 5.37. The number of hydrogen-bond acceptors (Lipinski definition) is 5. The van der Waals surface area contributed by atoms with Crippen molar-refractivity contribution >= 4 is 51.0 Å². The molecule has 2 atom stereocenters. The first-order valence-corrected chi connectivity index (χ1v) is 13.7. The molecule has 0 spiro atoms. The lowest BCUT2D eigenvalue weighted by Gasteiger charge is -2.21. The lowest BCUT2D eigenvalue weighted by atomic mass is 9.95. The third-order valence-electron chi connectivity index (χ3n) is 7.43. The summed E-state index contributed by atoms with van der Waals surface area (Å²) < 4.78 is 3.28. The van der Waals surface area contributed by atoms with Crippen LogP contribution in [0.15, 0.2) is 64.2 Å². The number of likely N-dealkylation sites (tertiary alicyclic amines) is 1. The highest BCUT2D eigenvalue weighted by Crippen LogP contribution is 2.59. The average Bonchev–Trinajstić information content (AvgIpc) is 3.21. The molecule has 182 valence electrons. The van der Waals surface area contributed by atoms with Crippen molar-refractivity contribution in [3.63, 3.8) is 0 Å². The predicted molar refractivity (Wildman–Crippen MR) is 149 cm³/mol. The monoisotopic (exact) mass is 569 g/mol. The first kappa shape index (κ1) is 24.8. The quantitative estimate of drug-likeness (QED) is 0.193. The van der Waals surface area contributed by atoms with Crippen LogP contribution in [0.25, 0.3) is 22.3 Å². The zero-order valence-electron chi connectivity index (χ0n) is 19.9. The Morgan fingerprint density at radius 2 is 1.91 bits per heavy atom. The number of rotatable bonds is 7. The second kappa shape index (κ2) is 9.85. The number of pyridine rings is 1. The molecule has 6 rings (SSSR count). The molecule has 2 aliphatic rings. The molecule has 0 radical (unpaired) electrons. The fourth-order valence-corrected chi connectivity index (χ4v) is 6.66. The van der Waals surface area contributed by atoms with Crippen molar-refractivity contribution in [1.82, 2.24) is 24.6 Å². The summed E-state index contributed by atoms with van der Waals surface area (Å²) in [5.41, 5.74) is 5.04. The third kappa shape index (κ3) is 4.64. The Morgan fingerprint density at radius 3 is 2.74 bits per heavy atom. The van der Waals surface area contributed by atoms with Gasteiger partial charge in [-0.25, -0.2) is 0 Å². The van der Waals surface area contributed by atoms with Gasteiger partial charge < -0.3 is 9.47 Å². The first-order chi connectivity index (χ1) is 16.5. The maximum absolute atomic E-state index is 4.66. The Hall–Kier alpha value is -1.93. The summed E-state index contributed by atoms with van der Waals surface area (Å²) in [6.07, 6.45) is 2.51. The Kier molecular flexibility index (Phi) is 6.96. The zero-order valence-corrected chi connectivity index (χ0v) is 23.2. The molecular weight excluding hydrogens is 542 g/mol. The molecule has 1 saturated heterocycles. The van der Waals surface area contributed by atoms with Crippen LogP contribution in [0.5, 0.6) is 0 Å². The largest absolute Gasteiger partial charge is 0.305 e. The van der Waals surface area contributed by atoms with Gasteiger partial charge in [-0.15, -0.1) is 22.6 Å². The van der Waals surface area contributed by atoms with E-state index in [1.54, 1.807) is 11.8 Å². The van der Waals surface area contributed by atoms with E-state index in [4.69, 9.17) is 0 Å². The molecule has 1 saturated carbocycles. The smallest absolute Gasteiger partial charge is 0.191 e. The van der Waals surface area contributed by atoms with E-state index < -0.39 is 0 Å². The molecule has 5 nitrogen and oxygen atoms in total. The molecule has 1 aliphatic heterocycles. The minimum atomic E-state index is 0. The van der Waals surface area contributed by atoms with Crippen LogP contribution in [0.3, 0.4) is 0 Å². The minimum absolute atomic E-state index is 0. The average molecular weight is 571 g/mol. The van der Waals surface area contributed by atoms with Crippen LogP contribution in [0.1, 0.15) is 24.1 Å². The Morgan fingerprint density at radius 1 is 1.09 bits per heavy atom. The van der Waals surface area contributed by atoms with E-state index >= 15 is 0 Å². The Balaban J connectivity index is 0.00000253. The number of hydrogen-bond donors (Lipinski definition) is 0. The lowest BCUT2D eigenvalue weighted by Crippen LogP contribution is -2.27. The molecule has 1 aliphatic carbocycles. The Labute approximate surface area is 225 Å². The molecule has 0 bridgehead atoms. The summed E-state index contributed by atoms with van der Waals surface area (Å²) in [5, 5.41) is 11.1. The molecule has 2 aromatic heterocycles. The van der Waals surface area contributed by atoms with Crippen molar-refractivity contribution in [2.45, 2.75) is 30.3 Å². The lowest BCUT2D eigenvalue weighted by molar-refractivity contribution is 0.299. The van der Waals surface area contributed by atoms with Crippen molar-refractivity contribution < 1.29 is 0 Å². The SMILES string of the molecule is Cc1ccc2c(-c3nnc(SCCCN4C[C@H]5CC5(c5ccc(Br)cc5)C4)n3C)cccc2n1.Cl. The van der Waals surface area contributed by atoms with Gasteiger partial charge in [-0.1, -0.05) is 58.0 Å². The molecule has 3 heterocycles. The number of fused-ring (bicyclic) bond motifs is 2. The fraction of sp³-hybridized carbons (Fsp3) is 0.370. The van der Waals surface area contributed by atoms with Crippen LogP contribution in [0.2, 0.25) is 0 Å². The van der Waals surface area contributed by atoms with Crippen LogP contribution in [-0.2, 0) is 12.5 Å². The zero-order chi connectivity index (χ0) is 23.3. The van der Waals surface area contributed by atoms with Gasteiger partial charge in [-0.3, -0.25) is 4.98 Å². The van der Waals surface area contributed by atoms with Gasteiger partial charge >= 0.3 is 0 Å². The molecule has 2 aromatic carbocycles. The molecule has 0 N–H and O–H groups in total. The number of nitrogens with zero attached hydrogens (tertiary/aromatic N) is 5. The number of thioether (sulfide) groups is 1. The van der Waals surface area contributed by atoms with Gasteiger partial charge in [0.15, 0.2) is 11.0 Å². The number of halogens is 2. The van der Waals surface area contributed by atoms with Gasteiger partial charge in [-0.05, 0) is 62.1 Å². The first-order valence-electron chi connectivity index (χ1n) is 11.9. The van der Waals surface area contributed by atoms with E-state index in [1.165, 1.54) is 25.1 Å². The minimum Gasteiger partial charge on any atom is -0.305 e. The standard InChI is InChI=1S/C27H28BrN5S.ClH/c1-18-7-12-22-23(5-3-6-24(22)29-18)25-30-31-26(32(25)2)34-14-4-13-33-16-20-15-27(20,17-33)19-8-10-21(28)11-9-19;/h3,5-12,20H,4,13-17H2,1-2H3;1H/t20-,27?;/m1./s1. The normalized spacial score (nSPS) is 21.2. The van der Waals surface area contributed by atoms with E-state index in [1.807, 2.05) is 13.0 Å². The van der Waals surface area contributed by atoms with E-state index in [9.17, 15) is 0 Å². The number of aromatic nitrogens is 4. The topological polar surface area (TPSA) is 46.8 Å². The third-order valence-corrected chi connectivity index (χ3v) is 9.07. The summed E-state index contributed by atoms with van der Waals surface area (Å²) in [6.45, 7) is 5.62. The van der Waals surface area contributed by atoms with Crippen molar-refractivity contribution in [2.75, 3.05) is 25.4 Å². The summed E-state index contributed by atoms with van der Waals surface area (Å²) in [5.74, 6) is 2.78. The van der Waals surface area contributed by atoms with Crippen LogP contribution < -0.4 is 0 Å². The molecule has 2 fully saturated rings. The van der Waals surface area contributed by atoms with Gasteiger partial charge in [0.1, 0.15) is 0 Å². The van der Waals surface area contributed by atoms with Crippen LogP contribution >= 0.6 is 40.1 Å². The highest BCUT2D eigenvalue weighted by Gasteiger charge is 2.60. The number of piperidine rings is 1. The Bertz CT molecular complexity index is 1360. The van der Waals surface area contributed by atoms with Gasteiger partial charge in [0, 0.05) is 52.4 Å². The van der Waals surface area contributed by atoms with E-state index in [0.717, 1.165) is 62.3 Å². The summed E-state index contributed by atoms with van der Waals surface area (Å²) in [6, 6.07) is 19.4. The van der Waals surface area contributed by atoms with Crippen LogP contribution in [0, 0.1) is 12.8 Å². The summed E-state index contributed by atoms with van der Waals surface area (Å²) in [7, 11) is 2.06.